The fourth-order valence-corrected chi connectivity index (χ4v) is 2.81. The first-order valence-electron chi connectivity index (χ1n) is 7.13. The summed E-state index contributed by atoms with van der Waals surface area (Å²) in [6.07, 6.45) is 3.10. The molecule has 1 unspecified atom stereocenters. The van der Waals surface area contributed by atoms with Crippen LogP contribution in [0.2, 0.25) is 0 Å². The summed E-state index contributed by atoms with van der Waals surface area (Å²) in [6, 6.07) is 11.3. The first kappa shape index (κ1) is 15.2. The van der Waals surface area contributed by atoms with E-state index in [1.807, 2.05) is 36.6 Å². The Morgan fingerprint density at radius 2 is 2.17 bits per heavy atom. The molecule has 6 nitrogen and oxygen atoms in total. The van der Waals surface area contributed by atoms with E-state index in [4.69, 9.17) is 4.74 Å². The predicted molar refractivity (Wildman–Crippen MR) is 87.7 cm³/mol. The maximum atomic E-state index is 11.9. The van der Waals surface area contributed by atoms with Gasteiger partial charge in [0.1, 0.15) is 18.4 Å². The van der Waals surface area contributed by atoms with Gasteiger partial charge in [0, 0.05) is 4.88 Å². The minimum absolute atomic E-state index is 0.0132. The van der Waals surface area contributed by atoms with Crippen LogP contribution in [-0.4, -0.2) is 27.3 Å². The van der Waals surface area contributed by atoms with Crippen molar-refractivity contribution in [2.75, 3.05) is 6.61 Å². The standard InChI is InChI=1S/C16H16N4O2S/c1-12(15-3-2-8-23-15)19-16(21)9-22-14-6-4-13(5-7-14)20-11-17-10-18-20/h2-8,10-12H,9H2,1H3,(H,19,21). The summed E-state index contributed by atoms with van der Waals surface area (Å²) in [7, 11) is 0. The number of rotatable bonds is 6. The Labute approximate surface area is 137 Å². The van der Waals surface area contributed by atoms with E-state index in [0.717, 1.165) is 10.6 Å². The molecule has 1 amide bonds. The molecule has 1 N–H and O–H groups in total. The van der Waals surface area contributed by atoms with Crippen LogP contribution in [0.1, 0.15) is 17.8 Å². The Morgan fingerprint density at radius 3 is 2.83 bits per heavy atom. The van der Waals surface area contributed by atoms with E-state index in [9.17, 15) is 4.79 Å². The Kier molecular flexibility index (Phi) is 4.68. The minimum atomic E-state index is -0.147. The Balaban J connectivity index is 1.51. The third-order valence-corrected chi connectivity index (χ3v) is 4.29. The zero-order valence-corrected chi connectivity index (χ0v) is 13.4. The van der Waals surface area contributed by atoms with Crippen molar-refractivity contribution >= 4 is 17.2 Å². The SMILES string of the molecule is CC(NC(=O)COc1ccc(-n2cncn2)cc1)c1cccs1. The molecule has 0 spiro atoms. The van der Waals surface area contributed by atoms with E-state index in [1.165, 1.54) is 6.33 Å². The van der Waals surface area contributed by atoms with Gasteiger partial charge in [0.05, 0.1) is 11.7 Å². The van der Waals surface area contributed by atoms with Crippen molar-refractivity contribution in [3.63, 3.8) is 0 Å². The fraction of sp³-hybridized carbons (Fsp3) is 0.188. The number of hydrogen-bond acceptors (Lipinski definition) is 5. The maximum absolute atomic E-state index is 11.9. The van der Waals surface area contributed by atoms with Gasteiger partial charge in [-0.05, 0) is 42.6 Å². The smallest absolute Gasteiger partial charge is 0.258 e. The van der Waals surface area contributed by atoms with Gasteiger partial charge in [0.25, 0.3) is 5.91 Å². The number of nitrogens with one attached hydrogen (secondary N) is 1. The summed E-state index contributed by atoms with van der Waals surface area (Å²) in [5.74, 6) is 0.485. The third-order valence-electron chi connectivity index (χ3n) is 3.24. The van der Waals surface area contributed by atoms with Gasteiger partial charge in [-0.25, -0.2) is 9.67 Å². The highest BCUT2D eigenvalue weighted by atomic mass is 32.1. The first-order valence-corrected chi connectivity index (χ1v) is 8.01. The lowest BCUT2D eigenvalue weighted by atomic mass is 10.3. The van der Waals surface area contributed by atoms with Crippen LogP contribution in [0.25, 0.3) is 5.69 Å². The Bertz CT molecular complexity index is 739. The number of nitrogens with zero attached hydrogens (tertiary/aromatic N) is 3. The molecule has 7 heteroatoms. The molecular formula is C16H16N4O2S. The number of ether oxygens (including phenoxy) is 1. The van der Waals surface area contributed by atoms with E-state index in [-0.39, 0.29) is 18.6 Å². The molecule has 118 valence electrons. The van der Waals surface area contributed by atoms with Crippen LogP contribution in [0, 0.1) is 0 Å². The molecule has 23 heavy (non-hydrogen) atoms. The average molecular weight is 328 g/mol. The van der Waals surface area contributed by atoms with Crippen molar-refractivity contribution in [3.8, 4) is 11.4 Å². The van der Waals surface area contributed by atoms with E-state index in [2.05, 4.69) is 15.4 Å². The zero-order chi connectivity index (χ0) is 16.1. The topological polar surface area (TPSA) is 69.0 Å². The highest BCUT2D eigenvalue weighted by Crippen LogP contribution is 2.18. The number of benzene rings is 1. The molecular weight excluding hydrogens is 312 g/mol. The number of aromatic nitrogens is 3. The second kappa shape index (κ2) is 7.06. The predicted octanol–water partition coefficient (Wildman–Crippen LogP) is 2.59. The van der Waals surface area contributed by atoms with E-state index in [0.29, 0.717) is 5.75 Å². The quantitative estimate of drug-likeness (QED) is 0.755. The molecule has 0 fully saturated rings. The van der Waals surface area contributed by atoms with Crippen LogP contribution >= 0.6 is 11.3 Å². The number of carbonyl (C=O) groups is 1. The highest BCUT2D eigenvalue weighted by molar-refractivity contribution is 7.10. The van der Waals surface area contributed by atoms with Gasteiger partial charge in [0.2, 0.25) is 0 Å². The zero-order valence-electron chi connectivity index (χ0n) is 12.5. The van der Waals surface area contributed by atoms with E-state index >= 15 is 0 Å². The van der Waals surface area contributed by atoms with Gasteiger partial charge >= 0.3 is 0 Å². The molecule has 0 saturated heterocycles. The molecule has 3 rings (SSSR count). The lowest BCUT2D eigenvalue weighted by Gasteiger charge is -2.13. The van der Waals surface area contributed by atoms with Crippen molar-refractivity contribution in [3.05, 3.63) is 59.3 Å². The average Bonchev–Trinajstić information content (AvgIpc) is 3.26. The number of hydrogen-bond donors (Lipinski definition) is 1. The van der Waals surface area contributed by atoms with Gasteiger partial charge < -0.3 is 10.1 Å². The maximum Gasteiger partial charge on any atom is 0.258 e. The molecule has 1 atom stereocenters. The summed E-state index contributed by atoms with van der Waals surface area (Å²) in [5.41, 5.74) is 0.880. The second-order valence-corrected chi connectivity index (χ2v) is 5.91. The third kappa shape index (κ3) is 3.95. The highest BCUT2D eigenvalue weighted by Gasteiger charge is 2.10. The summed E-state index contributed by atoms with van der Waals surface area (Å²) >= 11 is 1.62. The second-order valence-electron chi connectivity index (χ2n) is 4.93. The number of carbonyl (C=O) groups excluding carboxylic acids is 1. The molecule has 0 aliphatic heterocycles. The summed E-state index contributed by atoms with van der Waals surface area (Å²) < 4.78 is 7.16. The van der Waals surface area contributed by atoms with Crippen LogP contribution < -0.4 is 10.1 Å². The van der Waals surface area contributed by atoms with Crippen molar-refractivity contribution in [2.45, 2.75) is 13.0 Å². The van der Waals surface area contributed by atoms with Crippen LogP contribution in [0.15, 0.2) is 54.4 Å². The molecule has 0 aliphatic carbocycles. The molecule has 3 aromatic rings. The van der Waals surface area contributed by atoms with Crippen molar-refractivity contribution in [1.82, 2.24) is 20.1 Å². The van der Waals surface area contributed by atoms with Crippen molar-refractivity contribution in [1.29, 1.82) is 0 Å². The van der Waals surface area contributed by atoms with Crippen LogP contribution in [-0.2, 0) is 4.79 Å². The largest absolute Gasteiger partial charge is 0.484 e. The van der Waals surface area contributed by atoms with Gasteiger partial charge in [-0.15, -0.1) is 11.3 Å². The summed E-state index contributed by atoms with van der Waals surface area (Å²) in [5, 5.41) is 8.95. The fourth-order valence-electron chi connectivity index (χ4n) is 2.08. The number of thiophene rings is 1. The van der Waals surface area contributed by atoms with Crippen molar-refractivity contribution in [2.24, 2.45) is 0 Å². The lowest BCUT2D eigenvalue weighted by molar-refractivity contribution is -0.123. The van der Waals surface area contributed by atoms with Crippen molar-refractivity contribution < 1.29 is 9.53 Å². The molecule has 0 bridgehead atoms. The summed E-state index contributed by atoms with van der Waals surface area (Å²) in [4.78, 5) is 16.9. The molecule has 0 radical (unpaired) electrons. The molecule has 2 heterocycles. The first-order chi connectivity index (χ1) is 11.2. The van der Waals surface area contributed by atoms with Crippen LogP contribution in [0.5, 0.6) is 5.75 Å². The lowest BCUT2D eigenvalue weighted by Crippen LogP contribution is -2.30. The molecule has 2 aromatic heterocycles. The van der Waals surface area contributed by atoms with Crippen LogP contribution in [0.3, 0.4) is 0 Å². The van der Waals surface area contributed by atoms with Gasteiger partial charge in [-0.1, -0.05) is 6.07 Å². The Hall–Kier alpha value is -2.67. The Morgan fingerprint density at radius 1 is 1.35 bits per heavy atom. The summed E-state index contributed by atoms with van der Waals surface area (Å²) in [6.45, 7) is 1.94. The van der Waals surface area contributed by atoms with E-state index < -0.39 is 0 Å². The monoisotopic (exact) mass is 328 g/mol. The van der Waals surface area contributed by atoms with Gasteiger partial charge in [0.15, 0.2) is 6.61 Å². The van der Waals surface area contributed by atoms with Gasteiger partial charge in [-0.3, -0.25) is 4.79 Å². The normalized spacial score (nSPS) is 11.9. The molecule has 0 aliphatic rings. The molecule has 0 saturated carbocycles. The van der Waals surface area contributed by atoms with Gasteiger partial charge in [-0.2, -0.15) is 5.10 Å². The molecule has 1 aromatic carbocycles. The van der Waals surface area contributed by atoms with Crippen LogP contribution in [0.4, 0.5) is 0 Å². The number of amides is 1. The minimum Gasteiger partial charge on any atom is -0.484 e. The van der Waals surface area contributed by atoms with E-state index in [1.54, 1.807) is 34.5 Å².